The Morgan fingerprint density at radius 3 is 2.81 bits per heavy atom. The van der Waals surface area contributed by atoms with Gasteiger partial charge in [0.25, 0.3) is 0 Å². The van der Waals surface area contributed by atoms with Gasteiger partial charge in [0.05, 0.1) is 23.7 Å². The van der Waals surface area contributed by atoms with Gasteiger partial charge in [-0.05, 0) is 55.7 Å². The number of carbonyl (C=O) groups is 1. The highest BCUT2D eigenvalue weighted by Gasteiger charge is 2.27. The molecular formula is C20H30N4O2. The Morgan fingerprint density at radius 2 is 2.12 bits per heavy atom. The number of aryl methyl sites for hydroxylation is 1. The quantitative estimate of drug-likeness (QED) is 0.768. The van der Waals surface area contributed by atoms with Crippen LogP contribution in [0.1, 0.15) is 44.5 Å². The van der Waals surface area contributed by atoms with Crippen molar-refractivity contribution in [2.45, 2.75) is 52.7 Å². The maximum absolute atomic E-state index is 12.4. The molecule has 1 fully saturated rings. The van der Waals surface area contributed by atoms with Gasteiger partial charge in [-0.25, -0.2) is 9.78 Å². The molecule has 0 unspecified atom stereocenters. The number of H-pyrrole nitrogens is 1. The molecule has 1 saturated heterocycles. The van der Waals surface area contributed by atoms with Crippen molar-refractivity contribution in [3.05, 3.63) is 29.6 Å². The molecule has 2 heterocycles. The first-order chi connectivity index (χ1) is 12.4. The zero-order chi connectivity index (χ0) is 18.7. The maximum Gasteiger partial charge on any atom is 0.317 e. The van der Waals surface area contributed by atoms with Gasteiger partial charge in [0.2, 0.25) is 0 Å². The molecule has 26 heavy (non-hydrogen) atoms. The molecule has 0 bridgehead atoms. The number of aliphatic hydroxyl groups excluding tert-OH is 1. The van der Waals surface area contributed by atoms with Gasteiger partial charge >= 0.3 is 6.03 Å². The van der Waals surface area contributed by atoms with E-state index in [9.17, 15) is 9.90 Å². The first-order valence-electron chi connectivity index (χ1n) is 9.58. The molecular weight excluding hydrogens is 328 g/mol. The van der Waals surface area contributed by atoms with Gasteiger partial charge in [0.1, 0.15) is 5.82 Å². The van der Waals surface area contributed by atoms with Crippen molar-refractivity contribution >= 4 is 17.1 Å². The molecule has 2 amide bonds. The molecule has 142 valence electrons. The van der Waals surface area contributed by atoms with Gasteiger partial charge in [-0.3, -0.25) is 0 Å². The Bertz CT molecular complexity index is 747. The molecule has 1 aromatic heterocycles. The number of benzene rings is 1. The lowest BCUT2D eigenvalue weighted by Crippen LogP contribution is -2.46. The van der Waals surface area contributed by atoms with E-state index in [-0.39, 0.29) is 12.1 Å². The van der Waals surface area contributed by atoms with Crippen molar-refractivity contribution in [2.75, 3.05) is 13.1 Å². The number of aliphatic hydroxyl groups is 1. The van der Waals surface area contributed by atoms with Crippen LogP contribution in [0.25, 0.3) is 11.0 Å². The van der Waals surface area contributed by atoms with Crippen molar-refractivity contribution in [3.8, 4) is 0 Å². The van der Waals surface area contributed by atoms with Crippen molar-refractivity contribution in [1.29, 1.82) is 0 Å². The highest BCUT2D eigenvalue weighted by molar-refractivity contribution is 5.76. The van der Waals surface area contributed by atoms with E-state index in [0.717, 1.165) is 36.1 Å². The maximum atomic E-state index is 12.4. The monoisotopic (exact) mass is 358 g/mol. The van der Waals surface area contributed by atoms with Crippen LogP contribution in [0.3, 0.4) is 0 Å². The molecule has 3 rings (SSSR count). The molecule has 1 aliphatic heterocycles. The Labute approximate surface area is 155 Å². The fraction of sp³-hybridized carbons (Fsp3) is 0.600. The molecule has 6 heteroatoms. The summed E-state index contributed by atoms with van der Waals surface area (Å²) >= 11 is 0. The summed E-state index contributed by atoms with van der Waals surface area (Å²) in [4.78, 5) is 22.0. The number of likely N-dealkylation sites (tertiary alicyclic amines) is 1. The summed E-state index contributed by atoms with van der Waals surface area (Å²) in [6.45, 7) is 8.10. The highest BCUT2D eigenvalue weighted by Crippen LogP contribution is 2.24. The second-order valence-electron chi connectivity index (χ2n) is 7.88. The van der Waals surface area contributed by atoms with Crippen LogP contribution in [-0.4, -0.2) is 45.2 Å². The topological polar surface area (TPSA) is 81.2 Å². The largest absolute Gasteiger partial charge is 0.393 e. The van der Waals surface area contributed by atoms with Gasteiger partial charge in [0.15, 0.2) is 0 Å². The molecule has 3 N–H and O–H groups in total. The molecule has 2 aromatic rings. The summed E-state index contributed by atoms with van der Waals surface area (Å²) in [6, 6.07) is 6.02. The van der Waals surface area contributed by atoms with Crippen molar-refractivity contribution in [1.82, 2.24) is 20.2 Å². The number of carbonyl (C=O) groups excluding carboxylic acids is 1. The number of urea groups is 1. The number of rotatable bonds is 5. The Kier molecular flexibility index (Phi) is 5.81. The molecule has 1 atom stereocenters. The molecule has 0 spiro atoms. The van der Waals surface area contributed by atoms with Crippen LogP contribution in [0.5, 0.6) is 0 Å². The Morgan fingerprint density at radius 1 is 1.38 bits per heavy atom. The number of aromatic amines is 1. The molecule has 1 aliphatic rings. The summed E-state index contributed by atoms with van der Waals surface area (Å²) in [5, 5.41) is 13.2. The minimum absolute atomic E-state index is 0.0570. The summed E-state index contributed by atoms with van der Waals surface area (Å²) in [5.41, 5.74) is 3.09. The minimum atomic E-state index is -0.251. The van der Waals surface area contributed by atoms with E-state index < -0.39 is 0 Å². The van der Waals surface area contributed by atoms with Crippen LogP contribution in [0, 0.1) is 18.8 Å². The van der Waals surface area contributed by atoms with E-state index in [2.05, 4.69) is 35.2 Å². The lowest BCUT2D eigenvalue weighted by atomic mass is 9.87. The lowest BCUT2D eigenvalue weighted by Gasteiger charge is -2.34. The fourth-order valence-corrected chi connectivity index (χ4v) is 3.69. The average molecular weight is 358 g/mol. The normalized spacial score (nSPS) is 17.0. The smallest absolute Gasteiger partial charge is 0.317 e. The van der Waals surface area contributed by atoms with Crippen LogP contribution in [-0.2, 0) is 6.54 Å². The number of fused-ring (bicyclic) bond motifs is 1. The van der Waals surface area contributed by atoms with Crippen LogP contribution < -0.4 is 5.32 Å². The molecule has 0 saturated carbocycles. The first kappa shape index (κ1) is 18.7. The van der Waals surface area contributed by atoms with E-state index in [1.54, 1.807) is 0 Å². The summed E-state index contributed by atoms with van der Waals surface area (Å²) < 4.78 is 0. The third kappa shape index (κ3) is 4.55. The number of hydrogen-bond acceptors (Lipinski definition) is 3. The van der Waals surface area contributed by atoms with Gasteiger partial charge in [-0.15, -0.1) is 0 Å². The highest BCUT2D eigenvalue weighted by atomic mass is 16.3. The van der Waals surface area contributed by atoms with Crippen molar-refractivity contribution in [3.63, 3.8) is 0 Å². The van der Waals surface area contributed by atoms with Crippen LogP contribution in [0.4, 0.5) is 4.79 Å². The van der Waals surface area contributed by atoms with E-state index in [0.29, 0.717) is 31.5 Å². The fourth-order valence-electron chi connectivity index (χ4n) is 3.69. The van der Waals surface area contributed by atoms with Gasteiger partial charge < -0.3 is 20.3 Å². The van der Waals surface area contributed by atoms with Crippen LogP contribution in [0.2, 0.25) is 0 Å². The SMILES string of the molecule is Cc1ccc2nc(CNC(=O)N3CCC([C@H](O)CC(C)C)CC3)[nH]c2c1. The third-order valence-corrected chi connectivity index (χ3v) is 5.18. The van der Waals surface area contributed by atoms with Crippen LogP contribution >= 0.6 is 0 Å². The number of hydrogen-bond donors (Lipinski definition) is 3. The number of nitrogens with one attached hydrogen (secondary N) is 2. The number of aromatic nitrogens is 2. The average Bonchev–Trinajstić information content (AvgIpc) is 3.01. The van der Waals surface area contributed by atoms with Crippen molar-refractivity contribution in [2.24, 2.45) is 11.8 Å². The first-order valence-corrected chi connectivity index (χ1v) is 9.58. The molecule has 0 radical (unpaired) electrons. The van der Waals surface area contributed by atoms with E-state index >= 15 is 0 Å². The molecule has 6 nitrogen and oxygen atoms in total. The zero-order valence-electron chi connectivity index (χ0n) is 16.0. The lowest BCUT2D eigenvalue weighted by molar-refractivity contribution is 0.0520. The number of nitrogens with zero attached hydrogens (tertiary/aromatic N) is 2. The molecule has 0 aliphatic carbocycles. The summed E-state index contributed by atoms with van der Waals surface area (Å²) in [6.07, 6.45) is 2.32. The van der Waals surface area contributed by atoms with Gasteiger partial charge in [-0.2, -0.15) is 0 Å². The Balaban J connectivity index is 1.48. The number of piperidine rings is 1. The standard InChI is InChI=1S/C20H30N4O2/c1-13(2)10-18(25)15-6-8-24(9-7-15)20(26)21-12-19-22-16-5-4-14(3)11-17(16)23-19/h4-5,11,13,15,18,25H,6-10,12H2,1-3H3,(H,21,26)(H,22,23)/t18-/m1/s1. The third-order valence-electron chi connectivity index (χ3n) is 5.18. The Hall–Kier alpha value is -2.08. The van der Waals surface area contributed by atoms with E-state index in [1.165, 1.54) is 5.56 Å². The second-order valence-corrected chi connectivity index (χ2v) is 7.88. The number of amides is 2. The summed E-state index contributed by atoms with van der Waals surface area (Å²) in [7, 11) is 0. The van der Waals surface area contributed by atoms with Crippen molar-refractivity contribution < 1.29 is 9.90 Å². The zero-order valence-corrected chi connectivity index (χ0v) is 16.0. The van der Waals surface area contributed by atoms with E-state index in [4.69, 9.17) is 0 Å². The van der Waals surface area contributed by atoms with Crippen LogP contribution in [0.15, 0.2) is 18.2 Å². The van der Waals surface area contributed by atoms with Gasteiger partial charge in [0, 0.05) is 13.1 Å². The van der Waals surface area contributed by atoms with E-state index in [1.807, 2.05) is 24.0 Å². The van der Waals surface area contributed by atoms with Gasteiger partial charge in [-0.1, -0.05) is 19.9 Å². The predicted octanol–water partition coefficient (Wildman–Crippen LogP) is 3.20. The minimum Gasteiger partial charge on any atom is -0.393 e. The second kappa shape index (κ2) is 8.08. The molecule has 1 aromatic carbocycles. The predicted molar refractivity (Wildman–Crippen MR) is 103 cm³/mol. The summed E-state index contributed by atoms with van der Waals surface area (Å²) in [5.74, 6) is 1.57. The number of imidazole rings is 1.